The Morgan fingerprint density at radius 3 is 2.43 bits per heavy atom. The number of urea groups is 1. The Bertz CT molecular complexity index is 529. The van der Waals surface area contributed by atoms with Gasteiger partial charge in [-0.2, -0.15) is 5.01 Å². The zero-order valence-corrected chi connectivity index (χ0v) is 13.4. The van der Waals surface area contributed by atoms with Gasteiger partial charge in [-0.1, -0.05) is 6.92 Å². The van der Waals surface area contributed by atoms with Gasteiger partial charge in [0.25, 0.3) is 11.8 Å². The molecule has 23 heavy (non-hydrogen) atoms. The molecule has 5 amide bonds. The summed E-state index contributed by atoms with van der Waals surface area (Å²) in [7, 11) is 0. The standard InChI is InChI=1S/C14H23N5O4/c1-3-14(2)12(22)19(13(23)16-14)17-10(20)8-18-6-4-9(5-7-18)11(15)21/h9H,3-8H2,1-2H3,(H2,15,21)(H,16,23)(H,17,20). The van der Waals surface area contributed by atoms with Crippen molar-refractivity contribution in [2.45, 2.75) is 38.6 Å². The average Bonchev–Trinajstić information content (AvgIpc) is 2.72. The highest BCUT2D eigenvalue weighted by Gasteiger charge is 2.47. The number of nitrogens with two attached hydrogens (primary N) is 1. The molecule has 9 nitrogen and oxygen atoms in total. The van der Waals surface area contributed by atoms with Crippen molar-refractivity contribution >= 4 is 23.8 Å². The Morgan fingerprint density at radius 2 is 1.96 bits per heavy atom. The van der Waals surface area contributed by atoms with Crippen LogP contribution in [0.25, 0.3) is 0 Å². The zero-order valence-electron chi connectivity index (χ0n) is 13.4. The molecule has 0 spiro atoms. The van der Waals surface area contributed by atoms with Gasteiger partial charge in [-0.25, -0.2) is 4.79 Å². The van der Waals surface area contributed by atoms with E-state index in [2.05, 4.69) is 10.7 Å². The molecule has 0 aromatic carbocycles. The molecule has 0 bridgehead atoms. The van der Waals surface area contributed by atoms with Crippen molar-refractivity contribution in [1.29, 1.82) is 0 Å². The Balaban J connectivity index is 1.85. The average molecular weight is 325 g/mol. The molecule has 0 saturated carbocycles. The molecule has 2 aliphatic rings. The highest BCUT2D eigenvalue weighted by molar-refractivity contribution is 6.07. The lowest BCUT2D eigenvalue weighted by atomic mass is 9.96. The molecule has 2 fully saturated rings. The van der Waals surface area contributed by atoms with Crippen LogP contribution in [-0.4, -0.2) is 58.8 Å². The number of rotatable bonds is 5. The van der Waals surface area contributed by atoms with Crippen molar-refractivity contribution in [2.24, 2.45) is 11.7 Å². The molecule has 0 aliphatic carbocycles. The van der Waals surface area contributed by atoms with Gasteiger partial charge < -0.3 is 11.1 Å². The highest BCUT2D eigenvalue weighted by atomic mass is 16.2. The van der Waals surface area contributed by atoms with Crippen LogP contribution in [-0.2, 0) is 14.4 Å². The van der Waals surface area contributed by atoms with Gasteiger partial charge in [0.1, 0.15) is 5.54 Å². The second-order valence-corrected chi connectivity index (χ2v) is 6.24. The molecule has 2 heterocycles. The number of hydrazine groups is 1. The summed E-state index contributed by atoms with van der Waals surface area (Å²) in [6.07, 6.45) is 1.66. The number of hydrogen-bond donors (Lipinski definition) is 3. The normalized spacial score (nSPS) is 26.3. The third-order valence-corrected chi connectivity index (χ3v) is 4.56. The van der Waals surface area contributed by atoms with Gasteiger partial charge >= 0.3 is 6.03 Å². The molecule has 1 atom stereocenters. The number of hydrogen-bond acceptors (Lipinski definition) is 5. The van der Waals surface area contributed by atoms with Gasteiger partial charge in [-0.3, -0.25) is 24.7 Å². The fourth-order valence-electron chi connectivity index (χ4n) is 2.76. The SMILES string of the molecule is CCC1(C)NC(=O)N(NC(=O)CN2CCC(C(N)=O)CC2)C1=O. The van der Waals surface area contributed by atoms with Crippen LogP contribution < -0.4 is 16.5 Å². The molecule has 0 radical (unpaired) electrons. The van der Waals surface area contributed by atoms with Gasteiger partial charge in [0.2, 0.25) is 5.91 Å². The van der Waals surface area contributed by atoms with Gasteiger partial charge in [0.05, 0.1) is 6.54 Å². The molecule has 4 N–H and O–H groups in total. The Hall–Kier alpha value is -2.16. The first-order valence-corrected chi connectivity index (χ1v) is 7.74. The van der Waals surface area contributed by atoms with Gasteiger partial charge in [0, 0.05) is 5.92 Å². The summed E-state index contributed by atoms with van der Waals surface area (Å²) < 4.78 is 0. The number of amides is 5. The van der Waals surface area contributed by atoms with E-state index in [-0.39, 0.29) is 18.4 Å². The van der Waals surface area contributed by atoms with E-state index in [4.69, 9.17) is 5.73 Å². The maximum atomic E-state index is 12.2. The monoisotopic (exact) mass is 325 g/mol. The van der Waals surface area contributed by atoms with E-state index in [1.54, 1.807) is 13.8 Å². The summed E-state index contributed by atoms with van der Waals surface area (Å²) in [4.78, 5) is 49.0. The van der Waals surface area contributed by atoms with Crippen molar-refractivity contribution in [3.05, 3.63) is 0 Å². The van der Waals surface area contributed by atoms with Gasteiger partial charge in [0.15, 0.2) is 0 Å². The van der Waals surface area contributed by atoms with Crippen molar-refractivity contribution in [2.75, 3.05) is 19.6 Å². The van der Waals surface area contributed by atoms with Crippen LogP contribution in [0.4, 0.5) is 4.79 Å². The Kier molecular flexibility index (Phi) is 4.88. The number of carbonyl (C=O) groups excluding carboxylic acids is 4. The van der Waals surface area contributed by atoms with E-state index < -0.39 is 23.4 Å². The van der Waals surface area contributed by atoms with Gasteiger partial charge in [-0.15, -0.1) is 0 Å². The molecule has 0 aromatic rings. The first-order valence-electron chi connectivity index (χ1n) is 7.74. The minimum Gasteiger partial charge on any atom is -0.369 e. The predicted molar refractivity (Wildman–Crippen MR) is 80.6 cm³/mol. The van der Waals surface area contributed by atoms with Crippen molar-refractivity contribution in [1.82, 2.24) is 20.7 Å². The van der Waals surface area contributed by atoms with Crippen LogP contribution in [0.3, 0.4) is 0 Å². The van der Waals surface area contributed by atoms with Crippen LogP contribution in [0.5, 0.6) is 0 Å². The number of imide groups is 1. The van der Waals surface area contributed by atoms with Crippen molar-refractivity contribution in [3.8, 4) is 0 Å². The third kappa shape index (κ3) is 3.61. The van der Waals surface area contributed by atoms with E-state index in [0.29, 0.717) is 32.4 Å². The molecule has 9 heteroatoms. The molecular weight excluding hydrogens is 302 g/mol. The molecule has 2 aliphatic heterocycles. The Morgan fingerprint density at radius 1 is 1.35 bits per heavy atom. The summed E-state index contributed by atoms with van der Waals surface area (Å²) in [6.45, 7) is 4.62. The highest BCUT2D eigenvalue weighted by Crippen LogP contribution is 2.19. The van der Waals surface area contributed by atoms with E-state index in [9.17, 15) is 19.2 Å². The van der Waals surface area contributed by atoms with Gasteiger partial charge in [-0.05, 0) is 39.3 Å². The zero-order chi connectivity index (χ0) is 17.2. The molecule has 1 unspecified atom stereocenters. The van der Waals surface area contributed by atoms with Crippen LogP contribution in [0.2, 0.25) is 0 Å². The molecule has 0 aromatic heterocycles. The molecule has 2 saturated heterocycles. The fraction of sp³-hybridized carbons (Fsp3) is 0.714. The van der Waals surface area contributed by atoms with Crippen molar-refractivity contribution < 1.29 is 19.2 Å². The smallest absolute Gasteiger partial charge is 0.344 e. The van der Waals surface area contributed by atoms with Crippen LogP contribution >= 0.6 is 0 Å². The largest absolute Gasteiger partial charge is 0.369 e. The number of primary amides is 1. The minimum atomic E-state index is -0.982. The summed E-state index contributed by atoms with van der Waals surface area (Å²) in [5, 5.41) is 3.30. The summed E-state index contributed by atoms with van der Waals surface area (Å²) in [6, 6.07) is -0.625. The summed E-state index contributed by atoms with van der Waals surface area (Å²) >= 11 is 0. The summed E-state index contributed by atoms with van der Waals surface area (Å²) in [5.74, 6) is -1.37. The molecule has 2 rings (SSSR count). The van der Waals surface area contributed by atoms with Crippen LogP contribution in [0.1, 0.15) is 33.1 Å². The number of nitrogens with zero attached hydrogens (tertiary/aromatic N) is 2. The maximum absolute atomic E-state index is 12.2. The number of nitrogens with one attached hydrogen (secondary N) is 2. The van der Waals surface area contributed by atoms with E-state index in [1.807, 2.05) is 4.90 Å². The lowest BCUT2D eigenvalue weighted by Gasteiger charge is -2.30. The fourth-order valence-corrected chi connectivity index (χ4v) is 2.76. The molecular formula is C14H23N5O4. The lowest BCUT2D eigenvalue weighted by molar-refractivity contribution is -0.139. The second kappa shape index (κ2) is 6.53. The van der Waals surface area contributed by atoms with Crippen molar-refractivity contribution in [3.63, 3.8) is 0 Å². The summed E-state index contributed by atoms with van der Waals surface area (Å²) in [5.41, 5.74) is 6.63. The Labute approximate surface area is 134 Å². The predicted octanol–water partition coefficient (Wildman–Crippen LogP) is -1.06. The van der Waals surface area contributed by atoms with Crippen LogP contribution in [0, 0.1) is 5.92 Å². The quantitative estimate of drug-likeness (QED) is 0.555. The van der Waals surface area contributed by atoms with E-state index >= 15 is 0 Å². The molecule has 128 valence electrons. The lowest BCUT2D eigenvalue weighted by Crippen LogP contribution is -2.52. The van der Waals surface area contributed by atoms with E-state index in [1.165, 1.54) is 0 Å². The topological polar surface area (TPSA) is 125 Å². The first kappa shape index (κ1) is 17.2. The third-order valence-electron chi connectivity index (χ3n) is 4.56. The van der Waals surface area contributed by atoms with E-state index in [0.717, 1.165) is 5.01 Å². The number of carbonyl (C=O) groups is 4. The number of likely N-dealkylation sites (tertiary alicyclic amines) is 1. The maximum Gasteiger partial charge on any atom is 0.344 e. The number of piperidine rings is 1. The second-order valence-electron chi connectivity index (χ2n) is 6.24. The van der Waals surface area contributed by atoms with Crippen LogP contribution in [0.15, 0.2) is 0 Å². The minimum absolute atomic E-state index is 0.0609. The first-order chi connectivity index (χ1) is 10.8.